The number of benzene rings is 2. The normalized spacial score (nSPS) is 10.3. The molecule has 2 rings (SSSR count). The van der Waals surface area contributed by atoms with Gasteiger partial charge < -0.3 is 9.47 Å². The van der Waals surface area contributed by atoms with Crippen molar-refractivity contribution in [3.63, 3.8) is 0 Å². The first kappa shape index (κ1) is 18.4. The summed E-state index contributed by atoms with van der Waals surface area (Å²) >= 11 is 6.28. The highest BCUT2D eigenvalue weighted by Gasteiger charge is 2.11. The number of hydrogen-bond acceptors (Lipinski definition) is 5. The summed E-state index contributed by atoms with van der Waals surface area (Å²) in [5, 5.41) is 13.4. The number of halogens is 1. The molecule has 0 unspecified atom stereocenters. The molecule has 0 heterocycles. The van der Waals surface area contributed by atoms with Gasteiger partial charge in [0.05, 0.1) is 35.2 Å². The van der Waals surface area contributed by atoms with Crippen LogP contribution in [0.1, 0.15) is 18.1 Å². The van der Waals surface area contributed by atoms with Crippen molar-refractivity contribution in [3.05, 3.63) is 65.2 Å². The molecule has 0 bridgehead atoms. The van der Waals surface area contributed by atoms with Gasteiger partial charge in [0, 0.05) is 0 Å². The van der Waals surface area contributed by atoms with E-state index in [0.717, 1.165) is 11.3 Å². The van der Waals surface area contributed by atoms with E-state index >= 15 is 0 Å². The lowest BCUT2D eigenvalue weighted by Gasteiger charge is -2.13. The van der Waals surface area contributed by atoms with Crippen molar-refractivity contribution in [1.82, 2.24) is 0 Å². The Bertz CT molecular complexity index is 796. The number of nitrogens with one attached hydrogen (secondary N) is 1. The average Bonchev–Trinajstić information content (AvgIpc) is 2.62. The number of anilines is 1. The maximum absolute atomic E-state index is 8.79. The standard InChI is InChI=1S/C19H18ClN3O2/c1-3-9-25-19-17(20)10-15(11-18(19)24-4-2)13-22-23-16-7-5-14(12-21)6-8-16/h3,5-8,10-11,13,23H,1,4,9H2,2H3/b22-13-. The Balaban J connectivity index is 2.14. The fourth-order valence-electron chi connectivity index (χ4n) is 2.01. The first-order valence-corrected chi connectivity index (χ1v) is 8.05. The van der Waals surface area contributed by atoms with Gasteiger partial charge >= 0.3 is 0 Å². The van der Waals surface area contributed by atoms with E-state index in [1.807, 2.05) is 6.92 Å². The SMILES string of the molecule is C=CCOc1c(Cl)cc(/C=N\Nc2ccc(C#N)cc2)cc1OCC. The van der Waals surface area contributed by atoms with Gasteiger partial charge in [0.25, 0.3) is 0 Å². The molecule has 0 aliphatic rings. The molecule has 0 radical (unpaired) electrons. The molecule has 2 aromatic rings. The molecule has 0 aliphatic heterocycles. The smallest absolute Gasteiger partial charge is 0.180 e. The van der Waals surface area contributed by atoms with Crippen molar-refractivity contribution >= 4 is 23.5 Å². The Morgan fingerprint density at radius 3 is 2.68 bits per heavy atom. The number of nitrogens with zero attached hydrogens (tertiary/aromatic N) is 2. The Kier molecular flexibility index (Phi) is 6.87. The monoisotopic (exact) mass is 355 g/mol. The highest BCUT2D eigenvalue weighted by atomic mass is 35.5. The van der Waals surface area contributed by atoms with Gasteiger partial charge in [-0.1, -0.05) is 24.3 Å². The Morgan fingerprint density at radius 2 is 2.04 bits per heavy atom. The van der Waals surface area contributed by atoms with E-state index in [1.54, 1.807) is 48.7 Å². The minimum atomic E-state index is 0.341. The second-order valence-corrected chi connectivity index (χ2v) is 5.33. The Labute approximate surface area is 152 Å². The second-order valence-electron chi connectivity index (χ2n) is 4.92. The van der Waals surface area contributed by atoms with Crippen LogP contribution in [0.5, 0.6) is 11.5 Å². The molecule has 6 heteroatoms. The number of rotatable bonds is 8. The number of ether oxygens (including phenoxy) is 2. The molecule has 0 aromatic heterocycles. The van der Waals surface area contributed by atoms with Crippen LogP contribution >= 0.6 is 11.6 Å². The van der Waals surface area contributed by atoms with Gasteiger partial charge in [-0.3, -0.25) is 5.43 Å². The lowest BCUT2D eigenvalue weighted by atomic mass is 10.2. The summed E-state index contributed by atoms with van der Waals surface area (Å²) in [5.41, 5.74) is 5.03. The van der Waals surface area contributed by atoms with Gasteiger partial charge in [-0.15, -0.1) is 0 Å². The van der Waals surface area contributed by atoms with E-state index < -0.39 is 0 Å². The number of hydrazone groups is 1. The van der Waals surface area contributed by atoms with Crippen LogP contribution in [-0.4, -0.2) is 19.4 Å². The third-order valence-corrected chi connectivity index (χ3v) is 3.38. The van der Waals surface area contributed by atoms with Crippen molar-refractivity contribution in [1.29, 1.82) is 5.26 Å². The van der Waals surface area contributed by atoms with Crippen LogP contribution in [-0.2, 0) is 0 Å². The number of hydrogen-bond donors (Lipinski definition) is 1. The van der Waals surface area contributed by atoms with E-state index in [0.29, 0.717) is 35.3 Å². The van der Waals surface area contributed by atoms with Gasteiger partial charge in [0.15, 0.2) is 11.5 Å². The molecule has 0 saturated carbocycles. The lowest BCUT2D eigenvalue weighted by molar-refractivity contribution is 0.297. The topological polar surface area (TPSA) is 66.6 Å². The molecular formula is C19H18ClN3O2. The first-order chi connectivity index (χ1) is 12.2. The van der Waals surface area contributed by atoms with Crippen molar-refractivity contribution in [2.24, 2.45) is 5.10 Å². The lowest BCUT2D eigenvalue weighted by Crippen LogP contribution is -2.01. The molecule has 5 nitrogen and oxygen atoms in total. The van der Waals surface area contributed by atoms with Crippen molar-refractivity contribution in [3.8, 4) is 17.6 Å². The van der Waals surface area contributed by atoms with Crippen LogP contribution in [0, 0.1) is 11.3 Å². The van der Waals surface area contributed by atoms with Crippen LogP contribution in [0.2, 0.25) is 5.02 Å². The summed E-state index contributed by atoms with van der Waals surface area (Å²) in [4.78, 5) is 0. The van der Waals surface area contributed by atoms with E-state index in [1.165, 1.54) is 0 Å². The molecule has 128 valence electrons. The third-order valence-electron chi connectivity index (χ3n) is 3.10. The molecule has 0 saturated heterocycles. The van der Waals surface area contributed by atoms with Crippen molar-refractivity contribution < 1.29 is 9.47 Å². The summed E-state index contributed by atoms with van der Waals surface area (Å²) in [6, 6.07) is 12.6. The van der Waals surface area contributed by atoms with Crippen LogP contribution in [0.3, 0.4) is 0 Å². The molecule has 0 atom stereocenters. The third kappa shape index (κ3) is 5.27. The molecule has 0 fully saturated rings. The van der Waals surface area contributed by atoms with Crippen molar-refractivity contribution in [2.45, 2.75) is 6.92 Å². The minimum absolute atomic E-state index is 0.341. The van der Waals surface area contributed by atoms with E-state index in [-0.39, 0.29) is 0 Å². The zero-order chi connectivity index (χ0) is 18.1. The van der Waals surface area contributed by atoms with Crippen LogP contribution in [0.4, 0.5) is 5.69 Å². The molecule has 1 N–H and O–H groups in total. The highest BCUT2D eigenvalue weighted by molar-refractivity contribution is 6.32. The highest BCUT2D eigenvalue weighted by Crippen LogP contribution is 2.36. The molecule has 0 aliphatic carbocycles. The maximum atomic E-state index is 8.79. The van der Waals surface area contributed by atoms with E-state index in [2.05, 4.69) is 23.2 Å². The summed E-state index contributed by atoms with van der Waals surface area (Å²) in [5.74, 6) is 1.04. The Morgan fingerprint density at radius 1 is 1.28 bits per heavy atom. The zero-order valence-electron chi connectivity index (χ0n) is 13.8. The van der Waals surface area contributed by atoms with Gasteiger partial charge in [-0.05, 0) is 48.9 Å². The van der Waals surface area contributed by atoms with Gasteiger partial charge in [-0.2, -0.15) is 10.4 Å². The fourth-order valence-corrected chi connectivity index (χ4v) is 2.28. The molecule has 0 amide bonds. The summed E-state index contributed by atoms with van der Waals surface area (Å²) < 4.78 is 11.1. The van der Waals surface area contributed by atoms with Gasteiger partial charge in [0.1, 0.15) is 6.61 Å². The average molecular weight is 356 g/mol. The minimum Gasteiger partial charge on any atom is -0.490 e. The molecule has 25 heavy (non-hydrogen) atoms. The van der Waals surface area contributed by atoms with E-state index in [9.17, 15) is 0 Å². The second kappa shape index (κ2) is 9.36. The predicted molar refractivity (Wildman–Crippen MR) is 101 cm³/mol. The van der Waals surface area contributed by atoms with Gasteiger partial charge in [0.2, 0.25) is 0 Å². The van der Waals surface area contributed by atoms with Crippen LogP contribution in [0.25, 0.3) is 0 Å². The molecular weight excluding hydrogens is 338 g/mol. The molecule has 0 spiro atoms. The van der Waals surface area contributed by atoms with Crippen molar-refractivity contribution in [2.75, 3.05) is 18.6 Å². The maximum Gasteiger partial charge on any atom is 0.180 e. The van der Waals surface area contributed by atoms with Crippen LogP contribution in [0.15, 0.2) is 54.2 Å². The predicted octanol–water partition coefficient (Wildman–Crippen LogP) is 4.62. The quantitative estimate of drug-likeness (QED) is 0.426. The Hall–Kier alpha value is -2.97. The van der Waals surface area contributed by atoms with Crippen LogP contribution < -0.4 is 14.9 Å². The summed E-state index contributed by atoms with van der Waals surface area (Å²) in [6.07, 6.45) is 3.27. The first-order valence-electron chi connectivity index (χ1n) is 7.67. The fraction of sp³-hybridized carbons (Fsp3) is 0.158. The van der Waals surface area contributed by atoms with E-state index in [4.69, 9.17) is 26.3 Å². The summed E-state index contributed by atoms with van der Waals surface area (Å²) in [6.45, 7) is 6.34. The zero-order valence-corrected chi connectivity index (χ0v) is 14.6. The summed E-state index contributed by atoms with van der Waals surface area (Å²) in [7, 11) is 0. The van der Waals surface area contributed by atoms with Gasteiger partial charge in [-0.25, -0.2) is 0 Å². The molecule has 2 aromatic carbocycles. The largest absolute Gasteiger partial charge is 0.490 e. The number of nitriles is 1.